The summed E-state index contributed by atoms with van der Waals surface area (Å²) in [7, 11) is -4.72. The Morgan fingerprint density at radius 1 is 0.951 bits per heavy atom. The fraction of sp³-hybridized carbons (Fsp3) is 0.464. The Labute approximate surface area is 278 Å². The van der Waals surface area contributed by atoms with Crippen molar-refractivity contribution in [2.75, 3.05) is 0 Å². The first-order valence-electron chi connectivity index (χ1n) is 13.3. The fourth-order valence-electron chi connectivity index (χ4n) is 7.07. The molecule has 6 atom stereocenters. The lowest BCUT2D eigenvalue weighted by Crippen LogP contribution is -2.44. The largest absolute Gasteiger partial charge is 0.744 e. The lowest BCUT2D eigenvalue weighted by molar-refractivity contribution is -0.149. The third-order valence-corrected chi connectivity index (χ3v) is 13.4. The average Bonchev–Trinajstić information content (AvgIpc) is 3.54. The summed E-state index contributed by atoms with van der Waals surface area (Å²) in [5, 5.41) is 0. The van der Waals surface area contributed by atoms with E-state index in [1.807, 2.05) is 6.07 Å². The molecule has 2 aromatic rings. The predicted octanol–water partition coefficient (Wildman–Crippen LogP) is 5.39. The Morgan fingerprint density at radius 3 is 2.37 bits per heavy atom. The zero-order valence-corrected chi connectivity index (χ0v) is 28.7. The number of ether oxygens (including phenoxy) is 3. The zero-order valence-electron chi connectivity index (χ0n) is 21.4. The number of hydrogen-bond acceptors (Lipinski definition) is 9. The summed E-state index contributed by atoms with van der Waals surface area (Å²) in [5.41, 5.74) is 0.772. The van der Waals surface area contributed by atoms with E-state index in [4.69, 9.17) is 14.2 Å². The van der Waals surface area contributed by atoms with Gasteiger partial charge in [-0.3, -0.25) is 9.59 Å². The van der Waals surface area contributed by atoms with Crippen molar-refractivity contribution in [1.82, 2.24) is 0 Å². The number of benzene rings is 2. The van der Waals surface area contributed by atoms with Gasteiger partial charge in [-0.15, -0.1) is 0 Å². The number of carbonyl (C=O) groups is 3. The van der Waals surface area contributed by atoms with Crippen LogP contribution in [0.15, 0.2) is 35.2 Å². The molecule has 4 fully saturated rings. The van der Waals surface area contributed by atoms with Gasteiger partial charge in [-0.2, -0.15) is 0 Å². The molecule has 9 nitrogen and oxygen atoms in total. The average molecular weight is 917 g/mol. The maximum Gasteiger partial charge on any atom is 0.339 e. The van der Waals surface area contributed by atoms with Crippen molar-refractivity contribution in [1.29, 1.82) is 0 Å². The van der Waals surface area contributed by atoms with Gasteiger partial charge >= 0.3 is 17.9 Å². The van der Waals surface area contributed by atoms with Gasteiger partial charge in [0.05, 0.1) is 22.3 Å². The maximum atomic E-state index is 13.6. The maximum absolute atomic E-state index is 13.6. The normalized spacial score (nSPS) is 28.9. The monoisotopic (exact) mass is 917 g/mol. The van der Waals surface area contributed by atoms with Gasteiger partial charge in [-0.05, 0) is 129 Å². The van der Waals surface area contributed by atoms with E-state index in [9.17, 15) is 27.4 Å². The van der Waals surface area contributed by atoms with Gasteiger partial charge in [0.2, 0.25) is 0 Å². The molecular weight excluding hydrogens is 893 g/mol. The first-order valence-corrected chi connectivity index (χ1v) is 18.0. The Hall–Kier alpha value is -1.05. The molecular formula is C28H24I3O9S-. The summed E-state index contributed by atoms with van der Waals surface area (Å²) in [4.78, 5) is 39.4. The highest BCUT2D eigenvalue weighted by molar-refractivity contribution is 14.1. The number of esters is 3. The van der Waals surface area contributed by atoms with E-state index in [1.165, 1.54) is 18.2 Å². The highest BCUT2D eigenvalue weighted by Gasteiger charge is 2.70. The van der Waals surface area contributed by atoms with Crippen LogP contribution in [-0.4, -0.2) is 43.1 Å². The minimum Gasteiger partial charge on any atom is -0.744 e. The molecule has 0 aromatic heterocycles. The molecule has 218 valence electrons. The van der Waals surface area contributed by atoms with Crippen LogP contribution in [0.3, 0.4) is 0 Å². The molecule has 6 rings (SSSR count). The molecule has 0 amide bonds. The molecule has 3 saturated carbocycles. The first kappa shape index (κ1) is 30.0. The first-order chi connectivity index (χ1) is 19.4. The zero-order chi connectivity index (χ0) is 29.2. The second kappa shape index (κ2) is 11.5. The molecule has 0 spiro atoms. The van der Waals surface area contributed by atoms with Crippen LogP contribution in [0, 0.1) is 34.4 Å². The number of halogens is 3. The van der Waals surface area contributed by atoms with Crippen molar-refractivity contribution in [3.63, 3.8) is 0 Å². The predicted molar refractivity (Wildman–Crippen MR) is 168 cm³/mol. The summed E-state index contributed by atoms with van der Waals surface area (Å²) in [6.07, 6.45) is 3.46. The Balaban J connectivity index is 1.25. The molecule has 1 aliphatic heterocycles. The van der Waals surface area contributed by atoms with Gasteiger partial charge in [0.1, 0.15) is 28.1 Å². The highest BCUT2D eigenvalue weighted by atomic mass is 127. The summed E-state index contributed by atoms with van der Waals surface area (Å²) < 4.78 is 55.9. The van der Waals surface area contributed by atoms with Gasteiger partial charge in [0.25, 0.3) is 0 Å². The Kier molecular flexibility index (Phi) is 8.39. The number of hydrogen-bond donors (Lipinski definition) is 0. The Morgan fingerprint density at radius 2 is 1.66 bits per heavy atom. The standard InChI is InChI=1S/C28H25I3O9S/c29-18-11-20(31)19(30)10-15(18)26(32)39-24-16-9-17-23(28(34)40-25(17)24)22(16)27(33)38-13-6-7-21(41(35,36)37)14(8-13)12-4-2-1-3-5-12/h6-8,10-12,16-17,22-25H,1-5,9H2,(H,35,36,37)/p-1. The Bertz CT molecular complexity index is 1550. The topological polar surface area (TPSA) is 136 Å². The molecule has 3 aliphatic carbocycles. The quantitative estimate of drug-likeness (QED) is 0.123. The van der Waals surface area contributed by atoms with E-state index >= 15 is 0 Å². The smallest absolute Gasteiger partial charge is 0.339 e. The molecule has 4 aliphatic rings. The third kappa shape index (κ3) is 5.54. The molecule has 2 aromatic carbocycles. The number of fused-ring (bicyclic) bond motifs is 1. The second-order valence-electron chi connectivity index (χ2n) is 11.0. The van der Waals surface area contributed by atoms with Crippen LogP contribution in [0.4, 0.5) is 0 Å². The number of rotatable bonds is 6. The van der Waals surface area contributed by atoms with Crippen LogP contribution >= 0.6 is 67.8 Å². The lowest BCUT2D eigenvalue weighted by Gasteiger charge is -2.30. The van der Waals surface area contributed by atoms with Crippen molar-refractivity contribution in [2.45, 2.75) is 61.5 Å². The minimum atomic E-state index is -4.72. The van der Waals surface area contributed by atoms with Gasteiger partial charge in [0, 0.05) is 22.5 Å². The van der Waals surface area contributed by atoms with Crippen molar-refractivity contribution in [3.05, 3.63) is 52.2 Å². The van der Waals surface area contributed by atoms with Crippen molar-refractivity contribution < 1.29 is 41.6 Å². The van der Waals surface area contributed by atoms with Crippen LogP contribution in [0.2, 0.25) is 0 Å². The van der Waals surface area contributed by atoms with E-state index in [1.54, 1.807) is 6.07 Å². The lowest BCUT2D eigenvalue weighted by atomic mass is 9.78. The molecule has 6 unspecified atom stereocenters. The molecule has 13 heteroatoms. The van der Waals surface area contributed by atoms with Crippen LogP contribution < -0.4 is 4.74 Å². The summed E-state index contributed by atoms with van der Waals surface area (Å²) in [6, 6.07) is 7.61. The van der Waals surface area contributed by atoms with E-state index in [-0.39, 0.29) is 22.5 Å². The van der Waals surface area contributed by atoms with Crippen LogP contribution in [0.25, 0.3) is 0 Å². The third-order valence-electron chi connectivity index (χ3n) is 8.81. The van der Waals surface area contributed by atoms with Crippen molar-refractivity contribution in [3.8, 4) is 5.75 Å². The fourth-order valence-corrected chi connectivity index (χ4v) is 10.0. The second-order valence-corrected chi connectivity index (χ2v) is 15.9. The van der Waals surface area contributed by atoms with Crippen molar-refractivity contribution >= 4 is 95.8 Å². The summed E-state index contributed by atoms with van der Waals surface area (Å²) >= 11 is 6.42. The summed E-state index contributed by atoms with van der Waals surface area (Å²) in [5.74, 6) is -3.99. The summed E-state index contributed by atoms with van der Waals surface area (Å²) in [6.45, 7) is 0. The van der Waals surface area contributed by atoms with Gasteiger partial charge in [-0.25, -0.2) is 13.2 Å². The molecule has 0 radical (unpaired) electrons. The molecule has 1 heterocycles. The van der Waals surface area contributed by atoms with E-state index < -0.39 is 58.0 Å². The van der Waals surface area contributed by atoms with E-state index in [0.29, 0.717) is 17.5 Å². The van der Waals surface area contributed by atoms with Crippen molar-refractivity contribution in [2.24, 2.45) is 23.7 Å². The molecule has 0 N–H and O–H groups in total. The van der Waals surface area contributed by atoms with E-state index in [2.05, 4.69) is 67.8 Å². The van der Waals surface area contributed by atoms with Gasteiger partial charge < -0.3 is 18.8 Å². The van der Waals surface area contributed by atoms with Gasteiger partial charge in [-0.1, -0.05) is 19.3 Å². The highest BCUT2D eigenvalue weighted by Crippen LogP contribution is 2.59. The van der Waals surface area contributed by atoms with E-state index in [0.717, 1.165) is 42.8 Å². The minimum absolute atomic E-state index is 0.116. The molecule has 2 bridgehead atoms. The molecule has 1 saturated heterocycles. The number of carbonyl (C=O) groups excluding carboxylic acids is 3. The SMILES string of the molecule is O=C(OC1C2CC3C1OC(=O)C3C2C(=O)Oc1ccc(S(=O)(=O)[O-])c(C2CCCCC2)c1)c1cc(I)c(I)cc1I. The van der Waals surface area contributed by atoms with Crippen LogP contribution in [0.5, 0.6) is 5.75 Å². The van der Waals surface area contributed by atoms with Gasteiger partial charge in [0.15, 0.2) is 0 Å². The van der Waals surface area contributed by atoms with Crippen LogP contribution in [0.1, 0.15) is 60.4 Å². The molecule has 41 heavy (non-hydrogen) atoms. The van der Waals surface area contributed by atoms with Crippen LogP contribution in [-0.2, 0) is 29.2 Å².